The SMILES string of the molecule is C[C@@H]1O[C@@H](O[C@H]2[C@H](OC(=O)[C@]34CCC(C)(C)C[C@H]3C3=CCC5[C@@]6(C)C[C@H](O)[C@H](O[C@@H]7O[C@H](CO)[C@@H](O)[C@H](O)[C@H]7O[C@@H]7O[C@H](CO)[C@@H](O)[C@H](O)[C@H]7O[C@@H]7O[C@H](CO)[C@@H](O)[C@H](O)[C@H]7O)[C@@](C)(C(=O)O)C6CC[C@@]5(C)[C@]3(C)C[C@H]4O)OC[C@H](O)[C@@H]2O)[C@H](O)[C@H](O[C@@H]2OC[C@H](O)[C@H](O)[C@H]2O)[C@H]1O[C@@H]1OC[C@@H](O)[C@H](O)[C@H]1O. The van der Waals surface area contributed by atoms with E-state index in [1.165, 1.54) is 13.8 Å². The Hall–Kier alpha value is -2.68. The molecular formula is C69H110O38. The molecule has 0 aromatic heterocycles. The van der Waals surface area contributed by atoms with Crippen molar-refractivity contribution in [2.24, 2.45) is 50.2 Å². The maximum Gasteiger partial charge on any atom is 0.317 e. The average Bonchev–Trinajstić information content (AvgIpc) is 0.667. The maximum absolute atomic E-state index is 15.8. The van der Waals surface area contributed by atoms with Gasteiger partial charge in [-0.1, -0.05) is 46.3 Å². The highest BCUT2D eigenvalue weighted by molar-refractivity contribution is 5.80. The van der Waals surface area contributed by atoms with Crippen LogP contribution in [-0.2, 0) is 75.9 Å². The quantitative estimate of drug-likeness (QED) is 0.0344. The number of carbonyl (C=O) groups is 2. The number of aliphatic hydroxyl groups excluding tert-OH is 21. The van der Waals surface area contributed by atoms with Gasteiger partial charge in [0.1, 0.15) is 152 Å². The summed E-state index contributed by atoms with van der Waals surface area (Å²) >= 11 is 0. The normalized spacial score (nSPS) is 55.0. The van der Waals surface area contributed by atoms with E-state index in [1.807, 2.05) is 33.8 Å². The Morgan fingerprint density at radius 1 is 0.449 bits per heavy atom. The highest BCUT2D eigenvalue weighted by Crippen LogP contribution is 2.76. The topological polar surface area (TPSA) is 608 Å². The van der Waals surface area contributed by atoms with Crippen LogP contribution in [0.15, 0.2) is 11.6 Å². The summed E-state index contributed by atoms with van der Waals surface area (Å²) in [6.07, 6.45) is -60.8. The van der Waals surface area contributed by atoms with E-state index in [0.29, 0.717) is 19.3 Å². The Morgan fingerprint density at radius 3 is 1.45 bits per heavy atom. The van der Waals surface area contributed by atoms with Crippen LogP contribution in [0, 0.1) is 50.2 Å². The van der Waals surface area contributed by atoms with Gasteiger partial charge in [-0.15, -0.1) is 0 Å². The van der Waals surface area contributed by atoms with Crippen molar-refractivity contribution in [1.82, 2.24) is 0 Å². The number of aliphatic carboxylic acids is 1. The highest BCUT2D eigenvalue weighted by atomic mass is 16.8. The zero-order valence-electron chi connectivity index (χ0n) is 60.3. The van der Waals surface area contributed by atoms with Crippen molar-refractivity contribution in [3.05, 3.63) is 11.6 Å². The van der Waals surface area contributed by atoms with Crippen molar-refractivity contribution in [2.75, 3.05) is 39.6 Å². The van der Waals surface area contributed by atoms with Gasteiger partial charge in [0, 0.05) is 0 Å². The molecule has 7 aliphatic heterocycles. The Bertz CT molecular complexity index is 3100. The van der Waals surface area contributed by atoms with Gasteiger partial charge in [-0.2, -0.15) is 0 Å². The number of allylic oxidation sites excluding steroid dienone is 2. The van der Waals surface area contributed by atoms with E-state index in [4.69, 9.17) is 66.3 Å². The minimum Gasteiger partial charge on any atom is -0.481 e. The molecule has 0 spiro atoms. The number of carboxylic acids is 1. The van der Waals surface area contributed by atoms with Gasteiger partial charge in [0.25, 0.3) is 0 Å². The van der Waals surface area contributed by atoms with Gasteiger partial charge in [0.05, 0.1) is 63.4 Å². The predicted molar refractivity (Wildman–Crippen MR) is 346 cm³/mol. The number of carbonyl (C=O) groups excluding carboxylic acids is 1. The molecule has 12 rings (SSSR count). The number of hydrogen-bond donors (Lipinski definition) is 22. The summed E-state index contributed by atoms with van der Waals surface area (Å²) in [7, 11) is 0. The van der Waals surface area contributed by atoms with Crippen molar-refractivity contribution < 1.29 is 188 Å². The molecule has 0 radical (unpaired) electrons. The first kappa shape index (κ1) is 83.7. The van der Waals surface area contributed by atoms with Gasteiger partial charge in [-0.25, -0.2) is 0 Å². The van der Waals surface area contributed by atoms with Gasteiger partial charge in [0.2, 0.25) is 6.29 Å². The van der Waals surface area contributed by atoms with Crippen molar-refractivity contribution in [2.45, 2.75) is 315 Å². The summed E-state index contributed by atoms with van der Waals surface area (Å²) in [4.78, 5) is 30.2. The molecule has 0 aromatic carbocycles. The van der Waals surface area contributed by atoms with Crippen LogP contribution in [0.4, 0.5) is 0 Å². The van der Waals surface area contributed by atoms with E-state index >= 15 is 4.79 Å². The zero-order chi connectivity index (χ0) is 78.2. The first-order valence-electron chi connectivity index (χ1n) is 36.8. The van der Waals surface area contributed by atoms with Gasteiger partial charge in [-0.05, 0) is 105 Å². The minimum absolute atomic E-state index is 0.0624. The van der Waals surface area contributed by atoms with E-state index in [2.05, 4.69) is 6.92 Å². The number of hydrogen-bond acceptors (Lipinski definition) is 37. The second-order valence-corrected chi connectivity index (χ2v) is 33.4. The third kappa shape index (κ3) is 14.3. The lowest BCUT2D eigenvalue weighted by atomic mass is 9.33. The van der Waals surface area contributed by atoms with Gasteiger partial charge < -0.3 is 179 Å². The fourth-order valence-electron chi connectivity index (χ4n) is 20.2. The first-order valence-corrected chi connectivity index (χ1v) is 36.8. The fourth-order valence-corrected chi connectivity index (χ4v) is 20.2. The lowest BCUT2D eigenvalue weighted by Gasteiger charge is -2.71. The van der Waals surface area contributed by atoms with Crippen LogP contribution in [0.1, 0.15) is 99.8 Å². The van der Waals surface area contributed by atoms with E-state index in [9.17, 15) is 117 Å². The average molecular weight is 1550 g/mol. The van der Waals surface area contributed by atoms with E-state index in [-0.39, 0.29) is 32.1 Å². The van der Waals surface area contributed by atoms with E-state index < -0.39 is 317 Å². The molecule has 11 fully saturated rings. The van der Waals surface area contributed by atoms with Gasteiger partial charge in [-0.3, -0.25) is 9.59 Å². The monoisotopic (exact) mass is 1550 g/mol. The van der Waals surface area contributed by atoms with Crippen molar-refractivity contribution >= 4 is 11.9 Å². The molecule has 43 atom stereocenters. The summed E-state index contributed by atoms with van der Waals surface area (Å²) < 4.78 is 83.8. The largest absolute Gasteiger partial charge is 0.481 e. The van der Waals surface area contributed by atoms with Crippen LogP contribution in [-0.4, -0.2) is 379 Å². The molecule has 0 amide bonds. The maximum atomic E-state index is 15.8. The summed E-state index contributed by atoms with van der Waals surface area (Å²) in [5.74, 6) is -4.51. The molecule has 4 saturated carbocycles. The number of esters is 1. The molecule has 12 aliphatic rings. The molecule has 0 aromatic rings. The molecule has 38 heteroatoms. The molecule has 5 aliphatic carbocycles. The highest BCUT2D eigenvalue weighted by Gasteiger charge is 2.75. The molecule has 0 bridgehead atoms. The molecule has 7 heterocycles. The number of fused-ring (bicyclic) bond motifs is 7. The first-order chi connectivity index (χ1) is 50.2. The summed E-state index contributed by atoms with van der Waals surface area (Å²) in [5, 5.41) is 245. The second kappa shape index (κ2) is 31.5. The Labute approximate surface area is 614 Å². The van der Waals surface area contributed by atoms with E-state index in [0.717, 1.165) is 5.57 Å². The second-order valence-electron chi connectivity index (χ2n) is 33.4. The zero-order valence-corrected chi connectivity index (χ0v) is 60.3. The molecule has 7 saturated heterocycles. The molecule has 614 valence electrons. The lowest BCUT2D eigenvalue weighted by Crippen LogP contribution is -2.71. The Kier molecular flexibility index (Phi) is 24.6. The van der Waals surface area contributed by atoms with Crippen LogP contribution in [0.5, 0.6) is 0 Å². The number of carboxylic acid groups (broad SMARTS) is 1. The van der Waals surface area contributed by atoms with Crippen LogP contribution in [0.2, 0.25) is 0 Å². The third-order valence-corrected chi connectivity index (χ3v) is 26.7. The molecule has 38 nitrogen and oxygen atoms in total. The Morgan fingerprint density at radius 2 is 0.907 bits per heavy atom. The van der Waals surface area contributed by atoms with Crippen molar-refractivity contribution in [1.29, 1.82) is 0 Å². The van der Waals surface area contributed by atoms with Gasteiger partial charge in [0.15, 0.2) is 43.8 Å². The standard InChI is InChI=1S/C69H110O38/c1-23-49(101-55-45(87)36(78)27(74)20-94-55)50(102-56-46(88)37(79)28(75)21-95-56)48(90)58(97-23)103-51-38(80)29(76)22-96-59(51)107-63(93)69-13-12-64(2,3)14-25(69)24-8-9-33-65(4)15-26(73)54(68(7,62(91)92)34(65)10-11-66(33,5)67(24,6)16-35(69)77)106-61-53(44(86)41(83)32(19-72)100-61)105-60-52(43(85)40(82)31(18-71)99-60)104-57-47(89)42(84)39(81)30(17-70)98-57/h8,23,25-61,70-90H,9-22H2,1-7H3,(H,91,92)/t23-,25-,26-,27+,28-,29-,30+,31+,32+,33?,34?,35+,36-,37-,38-,39+,40+,41+,42-,43-,44-,45+,46+,47+,48+,49-,50-,51+,52+,53+,54-,55-,56-,57-,58-,59-,60-,61-,65+,66+,67+,68-,69+/m0/s1. The van der Waals surface area contributed by atoms with Crippen LogP contribution < -0.4 is 0 Å². The molecule has 2 unspecified atom stereocenters. The third-order valence-electron chi connectivity index (χ3n) is 26.7. The predicted octanol–water partition coefficient (Wildman–Crippen LogP) is -8.61. The van der Waals surface area contributed by atoms with Crippen LogP contribution in [0.3, 0.4) is 0 Å². The Balaban J connectivity index is 0.804. The summed E-state index contributed by atoms with van der Waals surface area (Å²) in [6.45, 7) is 8.30. The minimum atomic E-state index is -2.14. The van der Waals surface area contributed by atoms with Crippen molar-refractivity contribution in [3.63, 3.8) is 0 Å². The summed E-state index contributed by atoms with van der Waals surface area (Å²) in [5.41, 5.74) is -6.40. The van der Waals surface area contributed by atoms with E-state index in [1.54, 1.807) is 0 Å². The molecule has 107 heavy (non-hydrogen) atoms. The molecular weight excluding hydrogens is 1440 g/mol. The van der Waals surface area contributed by atoms with Gasteiger partial charge >= 0.3 is 11.9 Å². The summed E-state index contributed by atoms with van der Waals surface area (Å²) in [6, 6.07) is 0. The smallest absolute Gasteiger partial charge is 0.317 e. The molecule has 22 N–H and O–H groups in total. The van der Waals surface area contributed by atoms with Crippen LogP contribution in [0.25, 0.3) is 0 Å². The lowest BCUT2D eigenvalue weighted by molar-refractivity contribution is -0.400. The number of ether oxygens (including phenoxy) is 14. The fraction of sp³-hybridized carbons (Fsp3) is 0.942. The number of aliphatic hydroxyl groups is 21. The van der Waals surface area contributed by atoms with Crippen molar-refractivity contribution in [3.8, 4) is 0 Å². The number of rotatable bonds is 18. The van der Waals surface area contributed by atoms with Crippen LogP contribution >= 0.6 is 0 Å².